The number of benzene rings is 1. The van der Waals surface area contributed by atoms with Crippen molar-refractivity contribution in [3.8, 4) is 0 Å². The summed E-state index contributed by atoms with van der Waals surface area (Å²) in [5.74, 6) is 0.965. The molecule has 1 nitrogen and oxygen atoms in total. The number of allylic oxidation sites excluding steroid dienone is 2. The van der Waals surface area contributed by atoms with Crippen LogP contribution in [0.15, 0.2) is 41.6 Å². The van der Waals surface area contributed by atoms with E-state index in [1.807, 2.05) is 0 Å². The van der Waals surface area contributed by atoms with Crippen molar-refractivity contribution in [2.75, 3.05) is 0 Å². The van der Waals surface area contributed by atoms with E-state index in [4.69, 9.17) is 5.73 Å². The van der Waals surface area contributed by atoms with E-state index in [1.54, 1.807) is 0 Å². The first-order valence-corrected chi connectivity index (χ1v) is 6.22. The van der Waals surface area contributed by atoms with Gasteiger partial charge in [-0.05, 0) is 30.7 Å². The number of hydrogen-bond acceptors (Lipinski definition) is 1. The Morgan fingerprint density at radius 3 is 2.19 bits per heavy atom. The second-order valence-corrected chi connectivity index (χ2v) is 5.04. The van der Waals surface area contributed by atoms with Gasteiger partial charge in [0.2, 0.25) is 0 Å². The SMILES string of the molecule is CC(C)[C@H](C(N)=C1CCC1)c1ccccc1. The predicted molar refractivity (Wildman–Crippen MR) is 69.1 cm³/mol. The first-order chi connectivity index (χ1) is 7.70. The van der Waals surface area contributed by atoms with E-state index < -0.39 is 0 Å². The van der Waals surface area contributed by atoms with Gasteiger partial charge in [0.15, 0.2) is 0 Å². The third kappa shape index (κ3) is 2.13. The van der Waals surface area contributed by atoms with E-state index in [2.05, 4.69) is 44.2 Å². The summed E-state index contributed by atoms with van der Waals surface area (Å²) in [6.07, 6.45) is 3.74. The second-order valence-electron chi connectivity index (χ2n) is 5.04. The lowest BCUT2D eigenvalue weighted by Crippen LogP contribution is -2.20. The summed E-state index contributed by atoms with van der Waals surface area (Å²) in [6.45, 7) is 4.51. The number of rotatable bonds is 3. The summed E-state index contributed by atoms with van der Waals surface area (Å²) < 4.78 is 0. The molecule has 16 heavy (non-hydrogen) atoms. The Balaban J connectivity index is 2.31. The predicted octanol–water partition coefficient (Wildman–Crippen LogP) is 3.82. The molecule has 1 aromatic carbocycles. The summed E-state index contributed by atoms with van der Waals surface area (Å²) in [4.78, 5) is 0. The lowest BCUT2D eigenvalue weighted by atomic mass is 9.79. The number of nitrogens with two attached hydrogens (primary N) is 1. The summed E-state index contributed by atoms with van der Waals surface area (Å²) in [5.41, 5.74) is 10.3. The molecule has 1 fully saturated rings. The molecule has 2 rings (SSSR count). The Morgan fingerprint density at radius 2 is 1.75 bits per heavy atom. The average Bonchev–Trinajstić information content (AvgIpc) is 2.16. The highest BCUT2D eigenvalue weighted by Crippen LogP contribution is 2.36. The van der Waals surface area contributed by atoms with Gasteiger partial charge in [0.1, 0.15) is 0 Å². The van der Waals surface area contributed by atoms with Gasteiger partial charge in [-0.25, -0.2) is 0 Å². The molecule has 0 saturated heterocycles. The third-order valence-electron chi connectivity index (χ3n) is 3.53. The molecule has 0 unspecified atom stereocenters. The molecule has 0 aliphatic heterocycles. The molecule has 1 saturated carbocycles. The quantitative estimate of drug-likeness (QED) is 0.815. The Bertz CT molecular complexity index is 370. The van der Waals surface area contributed by atoms with Gasteiger partial charge in [-0.3, -0.25) is 0 Å². The highest BCUT2D eigenvalue weighted by Gasteiger charge is 2.23. The Labute approximate surface area is 98.4 Å². The van der Waals surface area contributed by atoms with Crippen LogP contribution in [0.4, 0.5) is 0 Å². The molecule has 1 aliphatic rings. The fourth-order valence-corrected chi connectivity index (χ4v) is 2.45. The second kappa shape index (κ2) is 4.73. The molecule has 0 heterocycles. The van der Waals surface area contributed by atoms with Crippen molar-refractivity contribution in [3.63, 3.8) is 0 Å². The molecule has 0 aromatic heterocycles. The van der Waals surface area contributed by atoms with Crippen LogP contribution < -0.4 is 5.73 Å². The molecule has 0 bridgehead atoms. The third-order valence-corrected chi connectivity index (χ3v) is 3.53. The zero-order chi connectivity index (χ0) is 11.5. The van der Waals surface area contributed by atoms with Gasteiger partial charge in [0.25, 0.3) is 0 Å². The summed E-state index contributed by atoms with van der Waals surface area (Å²) in [5, 5.41) is 0. The first-order valence-electron chi connectivity index (χ1n) is 6.22. The summed E-state index contributed by atoms with van der Waals surface area (Å²) in [6, 6.07) is 10.6. The van der Waals surface area contributed by atoms with E-state index >= 15 is 0 Å². The minimum absolute atomic E-state index is 0.400. The fourth-order valence-electron chi connectivity index (χ4n) is 2.45. The van der Waals surface area contributed by atoms with Crippen molar-refractivity contribution in [1.82, 2.24) is 0 Å². The summed E-state index contributed by atoms with van der Waals surface area (Å²) in [7, 11) is 0. The van der Waals surface area contributed by atoms with Gasteiger partial charge in [0.05, 0.1) is 0 Å². The van der Waals surface area contributed by atoms with Gasteiger partial charge in [-0.1, -0.05) is 49.8 Å². The first kappa shape index (κ1) is 11.3. The minimum atomic E-state index is 0.400. The lowest BCUT2D eigenvalue weighted by molar-refractivity contribution is 0.526. The van der Waals surface area contributed by atoms with Crippen LogP contribution in [0.25, 0.3) is 0 Å². The largest absolute Gasteiger partial charge is 0.402 e. The molecule has 0 amide bonds. The molecule has 1 heteroatoms. The van der Waals surface area contributed by atoms with Crippen LogP contribution in [-0.2, 0) is 0 Å². The molecular formula is C15H21N. The van der Waals surface area contributed by atoms with Gasteiger partial charge in [-0.2, -0.15) is 0 Å². The lowest BCUT2D eigenvalue weighted by Gasteiger charge is -2.28. The van der Waals surface area contributed by atoms with Crippen LogP contribution in [0.3, 0.4) is 0 Å². The fraction of sp³-hybridized carbons (Fsp3) is 0.467. The smallest absolute Gasteiger partial charge is 0.0258 e. The highest BCUT2D eigenvalue weighted by molar-refractivity contribution is 5.32. The standard InChI is InChI=1S/C15H21N/c1-11(2)14(12-7-4-3-5-8-12)15(16)13-9-6-10-13/h3-5,7-8,11,14H,6,9-10,16H2,1-2H3/t14-/m0/s1. The van der Waals surface area contributed by atoms with Gasteiger partial charge in [-0.15, -0.1) is 0 Å². The Morgan fingerprint density at radius 1 is 1.12 bits per heavy atom. The molecule has 86 valence electrons. The maximum atomic E-state index is 6.34. The van der Waals surface area contributed by atoms with Crippen molar-refractivity contribution in [3.05, 3.63) is 47.2 Å². The molecule has 1 aromatic rings. The Hall–Kier alpha value is -1.24. The van der Waals surface area contributed by atoms with Crippen LogP contribution in [-0.4, -0.2) is 0 Å². The maximum absolute atomic E-state index is 6.34. The van der Waals surface area contributed by atoms with Crippen molar-refractivity contribution in [2.24, 2.45) is 11.7 Å². The molecule has 0 spiro atoms. The van der Waals surface area contributed by atoms with Crippen LogP contribution >= 0.6 is 0 Å². The Kier molecular flexibility index (Phi) is 3.33. The topological polar surface area (TPSA) is 26.0 Å². The van der Waals surface area contributed by atoms with Crippen LogP contribution in [0, 0.1) is 5.92 Å². The van der Waals surface area contributed by atoms with Crippen molar-refractivity contribution >= 4 is 0 Å². The molecule has 1 aliphatic carbocycles. The zero-order valence-corrected chi connectivity index (χ0v) is 10.2. The van der Waals surface area contributed by atoms with Crippen molar-refractivity contribution in [1.29, 1.82) is 0 Å². The van der Waals surface area contributed by atoms with Crippen molar-refractivity contribution in [2.45, 2.75) is 39.0 Å². The van der Waals surface area contributed by atoms with Crippen molar-refractivity contribution < 1.29 is 0 Å². The average molecular weight is 215 g/mol. The van der Waals surface area contributed by atoms with Crippen LogP contribution in [0.2, 0.25) is 0 Å². The van der Waals surface area contributed by atoms with E-state index in [0.29, 0.717) is 11.8 Å². The molecular weight excluding hydrogens is 194 g/mol. The van der Waals surface area contributed by atoms with E-state index in [9.17, 15) is 0 Å². The van der Waals surface area contributed by atoms with Crippen LogP contribution in [0.5, 0.6) is 0 Å². The normalized spacial score (nSPS) is 17.1. The van der Waals surface area contributed by atoms with Gasteiger partial charge in [0, 0.05) is 11.6 Å². The molecule has 1 atom stereocenters. The van der Waals surface area contributed by atoms with Crippen LogP contribution in [0.1, 0.15) is 44.6 Å². The molecule has 0 radical (unpaired) electrons. The maximum Gasteiger partial charge on any atom is 0.0258 e. The minimum Gasteiger partial charge on any atom is -0.402 e. The van der Waals surface area contributed by atoms with E-state index in [-0.39, 0.29) is 0 Å². The van der Waals surface area contributed by atoms with Gasteiger partial charge >= 0.3 is 0 Å². The summed E-state index contributed by atoms with van der Waals surface area (Å²) >= 11 is 0. The van der Waals surface area contributed by atoms with E-state index in [0.717, 1.165) is 5.70 Å². The van der Waals surface area contributed by atoms with Gasteiger partial charge < -0.3 is 5.73 Å². The number of hydrogen-bond donors (Lipinski definition) is 1. The monoisotopic (exact) mass is 215 g/mol. The molecule has 2 N–H and O–H groups in total. The highest BCUT2D eigenvalue weighted by atomic mass is 14.6. The van der Waals surface area contributed by atoms with E-state index in [1.165, 1.54) is 30.4 Å². The zero-order valence-electron chi connectivity index (χ0n) is 10.2.